The Kier molecular flexibility index (Phi) is 73.8. The molecule has 11 aromatic carbocycles. The molecule has 15 nitrogen and oxygen atoms in total. The molecule has 0 aliphatic carbocycles. The molecule has 0 saturated carbocycles. The van der Waals surface area contributed by atoms with Gasteiger partial charge in [-0.15, -0.1) is 0 Å². The van der Waals surface area contributed by atoms with Crippen molar-refractivity contribution in [3.8, 4) is 34.5 Å². The van der Waals surface area contributed by atoms with Gasteiger partial charge < -0.3 is 71.1 Å². The summed E-state index contributed by atoms with van der Waals surface area (Å²) >= 11 is 5.67. The highest BCUT2D eigenvalue weighted by Crippen LogP contribution is 2.20. The highest BCUT2D eigenvalue weighted by molar-refractivity contribution is 6.30. The van der Waals surface area contributed by atoms with E-state index in [2.05, 4.69) is 166 Å². The number of ether oxygens (including phenoxy) is 15. The molecule has 0 aliphatic rings. The second-order valence-corrected chi connectivity index (χ2v) is 30.5. The molecule has 0 heterocycles. The molecule has 0 bridgehead atoms. The van der Waals surface area contributed by atoms with E-state index in [0.717, 1.165) is 116 Å². The van der Waals surface area contributed by atoms with Crippen LogP contribution in [0.4, 0.5) is 4.39 Å². The molecule has 17 heteroatoms. The first-order chi connectivity index (χ1) is 62.7. The minimum absolute atomic E-state index is 0.208. The van der Waals surface area contributed by atoms with Crippen LogP contribution in [0.3, 0.4) is 0 Å². The summed E-state index contributed by atoms with van der Waals surface area (Å²) in [5.74, 6) is 5.50. The molecule has 0 radical (unpaired) electrons. The number of rotatable bonds is 41. The number of aryl methyl sites for hydroxylation is 5. The maximum absolute atomic E-state index is 12.3. The van der Waals surface area contributed by atoms with Gasteiger partial charge in [-0.25, -0.2) is 4.39 Å². The van der Waals surface area contributed by atoms with Crippen molar-refractivity contribution in [3.05, 3.63) is 356 Å². The minimum Gasteiger partial charge on any atom is -0.494 e. The highest BCUT2D eigenvalue weighted by atomic mass is 35.5. The van der Waals surface area contributed by atoms with E-state index in [9.17, 15) is 4.39 Å². The van der Waals surface area contributed by atoms with Crippen LogP contribution in [0.25, 0.3) is 0 Å². The Morgan fingerprint density at radius 1 is 0.194 bits per heavy atom. The molecule has 11 aromatic rings. The summed E-state index contributed by atoms with van der Waals surface area (Å²) in [6.07, 6.45) is 12.9. The normalized spacial score (nSPS) is 9.94. The summed E-state index contributed by atoms with van der Waals surface area (Å²) in [4.78, 5) is 0. The van der Waals surface area contributed by atoms with Gasteiger partial charge in [-0.2, -0.15) is 0 Å². The summed E-state index contributed by atoms with van der Waals surface area (Å²) in [5, 5.41) is 0.764. The molecule has 0 atom stereocenters. The smallest absolute Gasteiger partial charge is 0.123 e. The fourth-order valence-electron chi connectivity index (χ4n) is 10.9. The number of methoxy groups -OCH3 is 9. The molecule has 0 unspecified atom stereocenters. The van der Waals surface area contributed by atoms with E-state index in [1.165, 1.54) is 117 Å². The summed E-state index contributed by atoms with van der Waals surface area (Å²) < 4.78 is 90.0. The van der Waals surface area contributed by atoms with E-state index in [1.54, 1.807) is 76.1 Å². The van der Waals surface area contributed by atoms with Crippen molar-refractivity contribution in [2.24, 2.45) is 0 Å². The zero-order valence-corrected chi connectivity index (χ0v) is 82.4. The van der Waals surface area contributed by atoms with Crippen molar-refractivity contribution < 1.29 is 75.4 Å². The van der Waals surface area contributed by atoms with Gasteiger partial charge in [0.15, 0.2) is 0 Å². The van der Waals surface area contributed by atoms with Gasteiger partial charge in [-0.05, 0) is 221 Å². The molecular formula is C112H156ClFO15. The number of hydrogen-bond acceptors (Lipinski definition) is 15. The SMILES string of the molecule is CCCCCOc1ccc(C)cc1.CCCCCOc1ccc(COC)cc1.CCCCOc1ccc(C)cc1.CCCCOc1ccc(COC)cc1.CCCOc1ccc(COC)cc1.CCOc1ccc(COC)cc1.COCc1ccc(C)cc1.COCc1ccc(C)cc1.COCc1ccc(C)cc1.COCc1ccc(Cl)cc1.COCc1ccc(F)cc1. The number of hydrogen-bond donors (Lipinski definition) is 0. The lowest BCUT2D eigenvalue weighted by atomic mass is 10.2. The third-order valence-electron chi connectivity index (χ3n) is 18.1. The Balaban J connectivity index is 0.000000711. The first-order valence-corrected chi connectivity index (χ1v) is 45.4. The molecule has 0 fully saturated rings. The van der Waals surface area contributed by atoms with Gasteiger partial charge in [0.1, 0.15) is 40.3 Å². The lowest BCUT2D eigenvalue weighted by molar-refractivity contribution is 0.184. The summed E-state index contributed by atoms with van der Waals surface area (Å²) in [7, 11) is 15.2. The van der Waals surface area contributed by atoms with E-state index in [0.29, 0.717) is 66.1 Å². The van der Waals surface area contributed by atoms with Gasteiger partial charge in [0, 0.05) is 69.0 Å². The zero-order chi connectivity index (χ0) is 94.8. The zero-order valence-electron chi connectivity index (χ0n) is 81.7. The standard InChI is InChI=1S/C13H20O2.C12H18O2.C12H18O.C11H16O2.C11H16O.C10H14O2.3C9H12O.C8H9ClO.C8H9FO/c1-3-4-5-10-15-13-8-6-12(7-9-13)11-14-2;1-3-4-9-14-12-7-5-11(6-8-12)10-13-2;1-3-4-5-10-13-12-8-6-11(2)7-9-12;1-3-8-13-11-6-4-10(5-7-11)9-12-2;1-3-4-9-12-11-7-5-10(2)6-8-11;1-3-12-10-6-4-9(5-7-10)8-11-2;3*1-8-3-5-9(6-4-8)7-10-2;2*1-10-6-7-2-4-8(9)5-3-7/h6-9H,3-5,10-11H2,1-2H3;5-8H,3-4,9-10H2,1-2H3;6-9H,3-5,10H2,1-2H3;4-7H,3,8-9H2,1-2H3;5-8H,3-4,9H2,1-2H3;4-7H,3,8H2,1-2H3;3*3-6H,7H2,1-2H3;2*2-5H,6H2,1H3. The maximum atomic E-state index is 12.3. The fourth-order valence-corrected chi connectivity index (χ4v) is 11.0. The first kappa shape index (κ1) is 117. The van der Waals surface area contributed by atoms with Crippen LogP contribution in [-0.4, -0.2) is 104 Å². The Morgan fingerprint density at radius 2 is 0.364 bits per heavy atom. The third kappa shape index (κ3) is 65.3. The van der Waals surface area contributed by atoms with Crippen molar-refractivity contribution in [1.82, 2.24) is 0 Å². The molecule has 11 rings (SSSR count). The average Bonchev–Trinajstić information content (AvgIpc) is 0.907. The monoisotopic (exact) mass is 1800 g/mol. The Labute approximate surface area is 782 Å². The average molecular weight is 1800 g/mol. The largest absolute Gasteiger partial charge is 0.494 e. The first-order valence-electron chi connectivity index (χ1n) is 45.1. The third-order valence-corrected chi connectivity index (χ3v) is 18.3. The molecule has 129 heavy (non-hydrogen) atoms. The molecule has 0 spiro atoms. The topological polar surface area (TPSA) is 138 Å². The second kappa shape index (κ2) is 81.3. The Bertz CT molecular complexity index is 3970. The van der Waals surface area contributed by atoms with E-state index in [1.807, 2.05) is 153 Å². The number of unbranched alkanes of at least 4 members (excludes halogenated alkanes) is 6. The predicted octanol–water partition coefficient (Wildman–Crippen LogP) is 28.9. The molecular weight excluding hydrogens is 1640 g/mol. The van der Waals surface area contributed by atoms with Crippen LogP contribution >= 0.6 is 11.6 Å². The molecule has 0 aromatic heterocycles. The van der Waals surface area contributed by atoms with Crippen molar-refractivity contribution >= 4 is 11.6 Å². The fraction of sp³-hybridized carbons (Fsp3) is 0.411. The van der Waals surface area contributed by atoms with Crippen molar-refractivity contribution in [3.63, 3.8) is 0 Å². The van der Waals surface area contributed by atoms with Gasteiger partial charge in [0.05, 0.1) is 99.1 Å². The molecule has 0 aliphatic heterocycles. The van der Waals surface area contributed by atoms with Crippen LogP contribution in [0.2, 0.25) is 5.02 Å². The van der Waals surface area contributed by atoms with E-state index in [4.69, 9.17) is 82.7 Å². The van der Waals surface area contributed by atoms with Crippen LogP contribution < -0.4 is 28.4 Å². The Morgan fingerprint density at radius 3 is 0.566 bits per heavy atom. The van der Waals surface area contributed by atoms with E-state index < -0.39 is 0 Å². The van der Waals surface area contributed by atoms with Crippen molar-refractivity contribution in [1.29, 1.82) is 0 Å². The minimum atomic E-state index is -0.208. The van der Waals surface area contributed by atoms with Crippen LogP contribution in [0.5, 0.6) is 34.5 Å². The van der Waals surface area contributed by atoms with E-state index in [-0.39, 0.29) is 5.82 Å². The lowest BCUT2D eigenvalue weighted by Gasteiger charge is -2.06. The summed E-state index contributed by atoms with van der Waals surface area (Å²) in [6.45, 7) is 33.9. The van der Waals surface area contributed by atoms with Gasteiger partial charge in [0.25, 0.3) is 0 Å². The highest BCUT2D eigenvalue weighted by Gasteiger charge is 2.02. The molecule has 708 valence electrons. The predicted molar refractivity (Wildman–Crippen MR) is 534 cm³/mol. The Hall–Kier alpha value is -9.92. The van der Waals surface area contributed by atoms with Gasteiger partial charge >= 0.3 is 0 Å². The second-order valence-electron chi connectivity index (χ2n) is 30.1. The summed E-state index contributed by atoms with van der Waals surface area (Å²) in [5.41, 5.74) is 16.9. The molecule has 0 amide bonds. The van der Waals surface area contributed by atoms with Crippen LogP contribution in [0.1, 0.15) is 190 Å². The number of halogens is 2. The molecule has 0 N–H and O–H groups in total. The van der Waals surface area contributed by atoms with Gasteiger partial charge in [-0.1, -0.05) is 282 Å². The quantitative estimate of drug-likeness (QED) is 0.0336. The van der Waals surface area contributed by atoms with Crippen LogP contribution in [-0.2, 0) is 102 Å². The lowest BCUT2D eigenvalue weighted by Crippen LogP contribution is -1.97. The summed E-state index contributed by atoms with van der Waals surface area (Å²) in [6, 6.07) is 87.4. The van der Waals surface area contributed by atoms with Crippen molar-refractivity contribution in [2.45, 2.75) is 206 Å². The van der Waals surface area contributed by atoms with E-state index >= 15 is 0 Å². The maximum Gasteiger partial charge on any atom is 0.123 e. The van der Waals surface area contributed by atoms with Gasteiger partial charge in [-0.3, -0.25) is 0 Å². The molecule has 0 saturated heterocycles. The van der Waals surface area contributed by atoms with Crippen LogP contribution in [0, 0.1) is 40.4 Å². The van der Waals surface area contributed by atoms with Gasteiger partial charge in [0.2, 0.25) is 0 Å². The van der Waals surface area contributed by atoms with Crippen LogP contribution in [0.15, 0.2) is 267 Å². The van der Waals surface area contributed by atoms with Crippen molar-refractivity contribution in [2.75, 3.05) is 104 Å². The number of benzene rings is 11.